The van der Waals surface area contributed by atoms with E-state index in [0.29, 0.717) is 16.7 Å². The maximum Gasteiger partial charge on any atom is 0.166 e. The Labute approximate surface area is 164 Å². The van der Waals surface area contributed by atoms with Gasteiger partial charge >= 0.3 is 0 Å². The summed E-state index contributed by atoms with van der Waals surface area (Å²) in [5.74, 6) is 0.142. The Morgan fingerprint density at radius 2 is 1.48 bits per heavy atom. The molecule has 1 aliphatic carbocycles. The van der Waals surface area contributed by atoms with E-state index in [4.69, 9.17) is 0 Å². The molecule has 3 rings (SSSR count). The molecule has 0 saturated heterocycles. The van der Waals surface area contributed by atoms with Crippen LogP contribution in [0.5, 0.6) is 0 Å². The molecule has 146 valence electrons. The number of halogens is 2. The lowest BCUT2D eigenvalue weighted by Gasteiger charge is -2.28. The highest BCUT2D eigenvalue weighted by Crippen LogP contribution is 2.38. The van der Waals surface area contributed by atoms with Gasteiger partial charge in [-0.1, -0.05) is 75.8 Å². The Bertz CT molecular complexity index is 766. The standard InChI is InChI=1S/C24H32F2Si/c1-5-6-17-7-9-18(10-8-17)19-11-13-20(14-12-19)21-15-16-22(27(2,3)4)24(26)23(21)25/h11-18H,5-10H2,1-4H3. The lowest BCUT2D eigenvalue weighted by atomic mass is 9.77. The highest BCUT2D eigenvalue weighted by Gasteiger charge is 2.25. The SMILES string of the molecule is CCCC1CCC(c2ccc(-c3ccc([Si](C)(C)C)c(F)c3F)cc2)CC1. The van der Waals surface area contributed by atoms with Gasteiger partial charge in [0, 0.05) is 5.56 Å². The average Bonchev–Trinajstić information content (AvgIpc) is 2.64. The van der Waals surface area contributed by atoms with Crippen LogP contribution < -0.4 is 5.19 Å². The smallest absolute Gasteiger partial charge is 0.166 e. The van der Waals surface area contributed by atoms with Gasteiger partial charge in [-0.2, -0.15) is 0 Å². The predicted molar refractivity (Wildman–Crippen MR) is 114 cm³/mol. The van der Waals surface area contributed by atoms with Gasteiger partial charge in [-0.3, -0.25) is 0 Å². The molecule has 2 aromatic rings. The van der Waals surface area contributed by atoms with Crippen molar-refractivity contribution in [3.05, 3.63) is 53.6 Å². The van der Waals surface area contributed by atoms with Crippen molar-refractivity contribution in [2.24, 2.45) is 5.92 Å². The molecule has 0 N–H and O–H groups in total. The van der Waals surface area contributed by atoms with Gasteiger partial charge in [0.05, 0.1) is 8.07 Å². The van der Waals surface area contributed by atoms with Gasteiger partial charge in [-0.25, -0.2) is 8.78 Å². The summed E-state index contributed by atoms with van der Waals surface area (Å²) in [4.78, 5) is 0. The molecule has 0 amide bonds. The molecule has 0 aromatic heterocycles. The molecule has 0 spiro atoms. The van der Waals surface area contributed by atoms with E-state index in [-0.39, 0.29) is 0 Å². The Morgan fingerprint density at radius 3 is 2.04 bits per heavy atom. The zero-order valence-corrected chi connectivity index (χ0v) is 18.1. The minimum absolute atomic E-state index is 0.368. The topological polar surface area (TPSA) is 0 Å². The third-order valence-corrected chi connectivity index (χ3v) is 8.13. The fourth-order valence-corrected chi connectivity index (χ4v) is 5.83. The summed E-state index contributed by atoms with van der Waals surface area (Å²) in [5.41, 5.74) is 2.47. The van der Waals surface area contributed by atoms with E-state index in [1.807, 2.05) is 31.8 Å². The highest BCUT2D eigenvalue weighted by molar-refractivity contribution is 6.88. The van der Waals surface area contributed by atoms with Crippen LogP contribution in [0.4, 0.5) is 8.78 Å². The van der Waals surface area contributed by atoms with Crippen molar-refractivity contribution in [3.63, 3.8) is 0 Å². The molecule has 0 heterocycles. The van der Waals surface area contributed by atoms with Crippen LogP contribution in [0.1, 0.15) is 56.9 Å². The van der Waals surface area contributed by atoms with Crippen LogP contribution in [0.2, 0.25) is 19.6 Å². The number of rotatable bonds is 5. The Kier molecular flexibility index (Phi) is 6.20. The lowest BCUT2D eigenvalue weighted by Crippen LogP contribution is -2.40. The molecule has 3 heteroatoms. The van der Waals surface area contributed by atoms with Gasteiger partial charge in [-0.05, 0) is 53.8 Å². The third kappa shape index (κ3) is 4.51. The van der Waals surface area contributed by atoms with Crippen molar-refractivity contribution in [2.45, 2.75) is 71.0 Å². The fourth-order valence-electron chi connectivity index (χ4n) is 4.48. The van der Waals surface area contributed by atoms with E-state index in [1.165, 1.54) is 44.1 Å². The molecular weight excluding hydrogens is 354 g/mol. The van der Waals surface area contributed by atoms with Crippen LogP contribution in [-0.2, 0) is 0 Å². The first-order valence-electron chi connectivity index (χ1n) is 10.4. The maximum atomic E-state index is 14.7. The third-order valence-electron chi connectivity index (χ3n) is 6.13. The summed E-state index contributed by atoms with van der Waals surface area (Å²) in [6, 6.07) is 11.7. The van der Waals surface area contributed by atoms with Crippen molar-refractivity contribution in [1.29, 1.82) is 0 Å². The van der Waals surface area contributed by atoms with E-state index in [1.54, 1.807) is 12.1 Å². The maximum absolute atomic E-state index is 14.7. The number of benzene rings is 2. The summed E-state index contributed by atoms with van der Waals surface area (Å²) in [5, 5.41) is 0.559. The molecule has 0 radical (unpaired) electrons. The largest absolute Gasteiger partial charge is 0.204 e. The van der Waals surface area contributed by atoms with Crippen molar-refractivity contribution in [1.82, 2.24) is 0 Å². The Hall–Kier alpha value is -1.48. The van der Waals surface area contributed by atoms with E-state index < -0.39 is 19.7 Å². The summed E-state index contributed by atoms with van der Waals surface area (Å²) < 4.78 is 29.3. The first-order valence-corrected chi connectivity index (χ1v) is 13.9. The molecule has 0 nitrogen and oxygen atoms in total. The zero-order valence-electron chi connectivity index (χ0n) is 17.1. The van der Waals surface area contributed by atoms with Crippen molar-refractivity contribution < 1.29 is 8.78 Å². The predicted octanol–water partition coefficient (Wildman–Crippen LogP) is 7.25. The summed E-state index contributed by atoms with van der Waals surface area (Å²) in [6.07, 6.45) is 7.76. The lowest BCUT2D eigenvalue weighted by molar-refractivity contribution is 0.308. The number of hydrogen-bond donors (Lipinski definition) is 0. The molecule has 1 fully saturated rings. The van der Waals surface area contributed by atoms with Gasteiger partial charge in [0.2, 0.25) is 0 Å². The van der Waals surface area contributed by atoms with E-state index >= 15 is 0 Å². The van der Waals surface area contributed by atoms with Crippen molar-refractivity contribution in [3.8, 4) is 11.1 Å². The molecule has 27 heavy (non-hydrogen) atoms. The van der Waals surface area contributed by atoms with Crippen LogP contribution in [-0.4, -0.2) is 8.07 Å². The highest BCUT2D eigenvalue weighted by atomic mass is 28.3. The monoisotopic (exact) mass is 386 g/mol. The second-order valence-electron chi connectivity index (χ2n) is 9.17. The summed E-state index contributed by atoms with van der Waals surface area (Å²) >= 11 is 0. The molecule has 2 aromatic carbocycles. The van der Waals surface area contributed by atoms with Gasteiger partial charge in [-0.15, -0.1) is 0 Å². The van der Waals surface area contributed by atoms with Crippen molar-refractivity contribution >= 4 is 13.3 Å². The second-order valence-corrected chi connectivity index (χ2v) is 14.2. The molecule has 1 saturated carbocycles. The minimum atomic E-state index is -1.89. The Morgan fingerprint density at radius 1 is 0.852 bits per heavy atom. The molecule has 0 aliphatic heterocycles. The Balaban J connectivity index is 1.77. The first kappa shape index (κ1) is 20.3. The fraction of sp³-hybridized carbons (Fsp3) is 0.500. The van der Waals surface area contributed by atoms with Gasteiger partial charge in [0.1, 0.15) is 0 Å². The normalized spacial score (nSPS) is 20.7. The van der Waals surface area contributed by atoms with Gasteiger partial charge in [0.25, 0.3) is 0 Å². The van der Waals surface area contributed by atoms with Crippen molar-refractivity contribution in [2.75, 3.05) is 0 Å². The van der Waals surface area contributed by atoms with E-state index in [2.05, 4.69) is 19.1 Å². The molecule has 0 bridgehead atoms. The van der Waals surface area contributed by atoms with Crippen LogP contribution in [0, 0.1) is 17.6 Å². The van der Waals surface area contributed by atoms with Crippen LogP contribution in [0.15, 0.2) is 36.4 Å². The zero-order chi connectivity index (χ0) is 19.6. The minimum Gasteiger partial charge on any atom is -0.204 e. The van der Waals surface area contributed by atoms with Gasteiger partial charge in [0.15, 0.2) is 11.6 Å². The first-order chi connectivity index (χ1) is 12.8. The van der Waals surface area contributed by atoms with Gasteiger partial charge < -0.3 is 0 Å². The molecule has 0 atom stereocenters. The summed E-state index contributed by atoms with van der Waals surface area (Å²) in [7, 11) is -1.89. The molecule has 0 unspecified atom stereocenters. The molecule has 1 aliphatic rings. The van der Waals surface area contributed by atoms with Crippen LogP contribution in [0.25, 0.3) is 11.1 Å². The van der Waals surface area contributed by atoms with Crippen LogP contribution in [0.3, 0.4) is 0 Å². The quantitative estimate of drug-likeness (QED) is 0.475. The average molecular weight is 387 g/mol. The number of hydrogen-bond acceptors (Lipinski definition) is 0. The summed E-state index contributed by atoms with van der Waals surface area (Å²) in [6.45, 7) is 8.38. The second kappa shape index (κ2) is 8.26. The van der Waals surface area contributed by atoms with E-state index in [0.717, 1.165) is 11.5 Å². The van der Waals surface area contributed by atoms with E-state index in [9.17, 15) is 8.78 Å². The molecular formula is C24H32F2Si. The van der Waals surface area contributed by atoms with Crippen LogP contribution >= 0.6 is 0 Å².